The van der Waals surface area contributed by atoms with Crippen LogP contribution in [0.15, 0.2) is 78.1 Å². The molecule has 0 saturated carbocycles. The summed E-state index contributed by atoms with van der Waals surface area (Å²) in [5, 5.41) is 9.99. The number of carbonyl (C=O) groups excluding carboxylic acids is 1. The molecule has 0 radical (unpaired) electrons. The maximum atomic E-state index is 12.6. The van der Waals surface area contributed by atoms with E-state index in [0.29, 0.717) is 23.4 Å². The van der Waals surface area contributed by atoms with E-state index in [4.69, 9.17) is 14.3 Å². The zero-order valence-corrected chi connectivity index (χ0v) is 25.0. The fourth-order valence-corrected chi connectivity index (χ4v) is 4.45. The number of benzene rings is 2. The molecule has 0 aliphatic heterocycles. The largest absolute Gasteiger partial charge is 0.573 e. The Morgan fingerprint density at radius 3 is 2.35 bits per heavy atom. The standard InChI is InChI=1S/C21H20F3NO4.C11H16O.CH2O/c1-4-19(20(26)27)28-15-7-5-6-14(10-15)25-13(3)12(2)17-9-8-16(11-18(17)25)29-21(22,23)24;1-10-6-4-3-5-7-11(12-2)9-8-10;1-2/h5-11,19H,4H2,1-3H3,(H,26,27);6-9H,3-5H2,1-2H3;1H2/b;9-8?,10-6-,11-7?;/t19-;;/m1../s1. The van der Waals surface area contributed by atoms with Gasteiger partial charge in [0, 0.05) is 28.9 Å². The Hall–Kier alpha value is -4.47. The highest BCUT2D eigenvalue weighted by molar-refractivity contribution is 5.88. The molecule has 0 fully saturated rings. The minimum absolute atomic E-state index is 0.294. The molecule has 43 heavy (non-hydrogen) atoms. The molecule has 0 bridgehead atoms. The lowest BCUT2D eigenvalue weighted by Crippen LogP contribution is -2.25. The summed E-state index contributed by atoms with van der Waals surface area (Å²) in [4.78, 5) is 19.2. The van der Waals surface area contributed by atoms with E-state index >= 15 is 0 Å². The van der Waals surface area contributed by atoms with Gasteiger partial charge in [-0.2, -0.15) is 0 Å². The first-order valence-corrected chi connectivity index (χ1v) is 13.7. The van der Waals surface area contributed by atoms with Crippen molar-refractivity contribution in [3.8, 4) is 17.2 Å². The summed E-state index contributed by atoms with van der Waals surface area (Å²) >= 11 is 0. The molecule has 7 nitrogen and oxygen atoms in total. The van der Waals surface area contributed by atoms with Gasteiger partial charge in [-0.15, -0.1) is 13.2 Å². The van der Waals surface area contributed by atoms with Gasteiger partial charge < -0.3 is 28.7 Å². The summed E-state index contributed by atoms with van der Waals surface area (Å²) in [6, 6.07) is 11.0. The molecule has 0 spiro atoms. The average Bonchev–Trinajstić information content (AvgIpc) is 3.27. The molecule has 0 amide bonds. The zero-order chi connectivity index (χ0) is 32.2. The highest BCUT2D eigenvalue weighted by atomic mass is 19.4. The number of hydrogen-bond acceptors (Lipinski definition) is 5. The first-order chi connectivity index (χ1) is 20.4. The van der Waals surface area contributed by atoms with Crippen LogP contribution in [0.1, 0.15) is 50.8 Å². The number of fused-ring (bicyclic) bond motifs is 1. The van der Waals surface area contributed by atoms with Gasteiger partial charge in [-0.1, -0.05) is 30.7 Å². The molecule has 10 heteroatoms. The van der Waals surface area contributed by atoms with Gasteiger partial charge in [0.05, 0.1) is 12.6 Å². The molecule has 1 heterocycles. The fourth-order valence-electron chi connectivity index (χ4n) is 4.45. The van der Waals surface area contributed by atoms with Gasteiger partial charge in [-0.3, -0.25) is 0 Å². The van der Waals surface area contributed by atoms with E-state index < -0.39 is 18.4 Å². The second-order valence-electron chi connectivity index (χ2n) is 9.65. The fraction of sp³-hybridized carbons (Fsp3) is 0.333. The van der Waals surface area contributed by atoms with Crippen molar-refractivity contribution >= 4 is 23.7 Å². The van der Waals surface area contributed by atoms with Gasteiger partial charge in [0.15, 0.2) is 6.10 Å². The van der Waals surface area contributed by atoms with Crippen LogP contribution in [0.25, 0.3) is 16.6 Å². The van der Waals surface area contributed by atoms with Crippen molar-refractivity contribution in [3.05, 3.63) is 89.4 Å². The van der Waals surface area contributed by atoms with E-state index in [-0.39, 0.29) is 5.75 Å². The Morgan fingerprint density at radius 2 is 1.72 bits per heavy atom. The van der Waals surface area contributed by atoms with E-state index in [1.54, 1.807) is 48.9 Å². The second-order valence-corrected chi connectivity index (χ2v) is 9.65. The van der Waals surface area contributed by atoms with Crippen molar-refractivity contribution in [2.24, 2.45) is 0 Å². The van der Waals surface area contributed by atoms with Gasteiger partial charge in [0.1, 0.15) is 24.0 Å². The molecule has 4 rings (SSSR count). The number of ether oxygens (including phenoxy) is 3. The van der Waals surface area contributed by atoms with Crippen LogP contribution < -0.4 is 9.47 Å². The third kappa shape index (κ3) is 10.1. The van der Waals surface area contributed by atoms with E-state index in [0.717, 1.165) is 28.8 Å². The van der Waals surface area contributed by atoms with Crippen LogP contribution in [0.3, 0.4) is 0 Å². The Kier molecular flexibility index (Phi) is 13.1. The number of allylic oxidation sites excluding steroid dienone is 5. The van der Waals surface area contributed by atoms with Crippen LogP contribution in [0.5, 0.6) is 11.5 Å². The number of carboxylic acid groups (broad SMARTS) is 1. The number of aliphatic carboxylic acids is 1. The van der Waals surface area contributed by atoms with Crippen LogP contribution in [0.2, 0.25) is 0 Å². The smallest absolute Gasteiger partial charge is 0.497 e. The van der Waals surface area contributed by atoms with Gasteiger partial charge in [-0.25, -0.2) is 4.79 Å². The van der Waals surface area contributed by atoms with Crippen LogP contribution in [-0.4, -0.2) is 42.0 Å². The van der Waals surface area contributed by atoms with Gasteiger partial charge in [0.25, 0.3) is 0 Å². The van der Waals surface area contributed by atoms with Crippen molar-refractivity contribution in [1.82, 2.24) is 4.57 Å². The first kappa shape index (κ1) is 34.7. The highest BCUT2D eigenvalue weighted by Crippen LogP contribution is 2.34. The predicted molar refractivity (Wildman–Crippen MR) is 161 cm³/mol. The van der Waals surface area contributed by atoms with E-state index in [1.165, 1.54) is 30.5 Å². The Morgan fingerprint density at radius 1 is 1.02 bits per heavy atom. The van der Waals surface area contributed by atoms with E-state index in [1.807, 2.05) is 26.7 Å². The molecule has 0 unspecified atom stereocenters. The lowest BCUT2D eigenvalue weighted by Gasteiger charge is -2.15. The van der Waals surface area contributed by atoms with Crippen molar-refractivity contribution < 1.29 is 42.1 Å². The van der Waals surface area contributed by atoms with Crippen molar-refractivity contribution in [1.29, 1.82) is 0 Å². The van der Waals surface area contributed by atoms with Gasteiger partial charge in [-0.05, 0) is 88.4 Å². The van der Waals surface area contributed by atoms with Crippen LogP contribution >= 0.6 is 0 Å². The van der Waals surface area contributed by atoms with Crippen LogP contribution in [0, 0.1) is 13.8 Å². The molecule has 1 aliphatic rings. The molecular formula is C33H38F3NO6. The lowest BCUT2D eigenvalue weighted by molar-refractivity contribution is -0.274. The molecule has 1 N–H and O–H groups in total. The SMILES string of the molecule is C=O.CC[C@@H](Oc1cccc(-n2c(C)c(C)c3ccc(OC(F)(F)F)cc32)c1)C(=O)O.COC1=CCCC/C=C(/C)C=C1. The van der Waals surface area contributed by atoms with Gasteiger partial charge >= 0.3 is 12.3 Å². The van der Waals surface area contributed by atoms with E-state index in [2.05, 4.69) is 29.9 Å². The molecule has 1 atom stereocenters. The highest BCUT2D eigenvalue weighted by Gasteiger charge is 2.31. The average molecular weight is 602 g/mol. The molecule has 1 aliphatic carbocycles. The molecule has 3 aromatic rings. The van der Waals surface area contributed by atoms with E-state index in [9.17, 15) is 23.1 Å². The molecular weight excluding hydrogens is 563 g/mol. The molecule has 232 valence electrons. The van der Waals surface area contributed by atoms with Crippen molar-refractivity contribution in [2.75, 3.05) is 7.11 Å². The van der Waals surface area contributed by atoms with Crippen LogP contribution in [0.4, 0.5) is 13.2 Å². The summed E-state index contributed by atoms with van der Waals surface area (Å²) in [5.74, 6) is -0.0404. The van der Waals surface area contributed by atoms with Gasteiger partial charge in [0.2, 0.25) is 0 Å². The maximum Gasteiger partial charge on any atom is 0.573 e. The first-order valence-electron chi connectivity index (χ1n) is 13.7. The summed E-state index contributed by atoms with van der Waals surface area (Å²) in [6.07, 6.45) is 6.55. The number of alkyl halides is 3. The summed E-state index contributed by atoms with van der Waals surface area (Å²) in [7, 11) is 1.72. The number of rotatable bonds is 7. The number of halogens is 3. The minimum atomic E-state index is -4.78. The number of hydrogen-bond donors (Lipinski definition) is 1. The van der Waals surface area contributed by atoms with Crippen molar-refractivity contribution in [3.63, 3.8) is 0 Å². The number of aromatic nitrogens is 1. The summed E-state index contributed by atoms with van der Waals surface area (Å²) in [5.41, 5.74) is 4.26. The molecule has 0 saturated heterocycles. The quantitative estimate of drug-likeness (QED) is 0.293. The number of carbonyl (C=O) groups is 2. The van der Waals surface area contributed by atoms with Crippen LogP contribution in [-0.2, 0) is 14.3 Å². The molecule has 2 aromatic carbocycles. The zero-order valence-electron chi connectivity index (χ0n) is 25.0. The summed E-state index contributed by atoms with van der Waals surface area (Å²) in [6.45, 7) is 9.57. The third-order valence-corrected chi connectivity index (χ3v) is 6.69. The second kappa shape index (κ2) is 16.2. The third-order valence-electron chi connectivity index (χ3n) is 6.69. The normalized spacial score (nSPS) is 15.1. The predicted octanol–water partition coefficient (Wildman–Crippen LogP) is 8.41. The number of carboxylic acids is 1. The number of methoxy groups -OCH3 is 1. The molecule has 1 aromatic heterocycles. The lowest BCUT2D eigenvalue weighted by atomic mass is 10.1. The minimum Gasteiger partial charge on any atom is -0.497 e. The number of aryl methyl sites for hydroxylation is 1. The topological polar surface area (TPSA) is 87.0 Å². The monoisotopic (exact) mass is 601 g/mol. The maximum absolute atomic E-state index is 12.6. The Bertz CT molecular complexity index is 1470. The van der Waals surface area contributed by atoms with Crippen molar-refractivity contribution in [2.45, 2.75) is 65.8 Å². The Balaban J connectivity index is 0.000000385. The Labute approximate surface area is 249 Å². The summed E-state index contributed by atoms with van der Waals surface area (Å²) < 4.78 is 54.5. The number of nitrogens with zero attached hydrogens (tertiary/aromatic N) is 1.